The van der Waals surface area contributed by atoms with Crippen LogP contribution >= 0.6 is 11.6 Å². The highest BCUT2D eigenvalue weighted by molar-refractivity contribution is 8.31. The lowest BCUT2D eigenvalue weighted by molar-refractivity contribution is 0.252. The number of nitrogens with one attached hydrogen (secondary N) is 2. The molecule has 11 heteroatoms. The van der Waals surface area contributed by atoms with E-state index in [9.17, 15) is 21.6 Å². The molecule has 1 aromatic carbocycles. The highest BCUT2D eigenvalue weighted by Gasteiger charge is 2.37. The Balaban J connectivity index is 3.11. The summed E-state index contributed by atoms with van der Waals surface area (Å²) in [5.74, 6) is 0. The minimum absolute atomic E-state index is 0.372. The van der Waals surface area contributed by atoms with Crippen LogP contribution in [0.1, 0.15) is 27.7 Å². The summed E-state index contributed by atoms with van der Waals surface area (Å²) in [5.41, 5.74) is 2.29. The van der Waals surface area contributed by atoms with E-state index in [0.717, 1.165) is 0 Å². The van der Waals surface area contributed by atoms with Gasteiger partial charge < -0.3 is 5.32 Å². The van der Waals surface area contributed by atoms with Crippen LogP contribution in [0.4, 0.5) is 10.5 Å². The molecular formula is C14H20ClN3O5S2. The van der Waals surface area contributed by atoms with Crippen molar-refractivity contribution in [3.8, 4) is 0 Å². The Bertz CT molecular complexity index is 820. The molecule has 1 aromatic rings. The number of halogens is 1. The van der Waals surface area contributed by atoms with Crippen LogP contribution in [-0.2, 0) is 19.7 Å². The fraction of sp³-hybridized carbons (Fsp3) is 0.429. The van der Waals surface area contributed by atoms with Crippen molar-refractivity contribution in [2.24, 2.45) is 5.10 Å². The van der Waals surface area contributed by atoms with Crippen LogP contribution in [-0.4, -0.2) is 37.7 Å². The van der Waals surface area contributed by atoms with Crippen molar-refractivity contribution < 1.29 is 21.6 Å². The number of hydrogen-bond acceptors (Lipinski definition) is 6. The van der Waals surface area contributed by atoms with Crippen molar-refractivity contribution in [2.45, 2.75) is 38.2 Å². The third-order valence-corrected chi connectivity index (χ3v) is 8.36. The van der Waals surface area contributed by atoms with Crippen LogP contribution in [0.25, 0.3) is 0 Å². The standard InChI is InChI=1S/C14H20ClN3O5S2/c1-9(2)24(20,21)14(25(22,23)10(3)4)18-17-13(19)16-12-7-5-11(15)6-8-12/h5-10H,1-4H3,(H2,16,17,19). The molecule has 0 radical (unpaired) electrons. The smallest absolute Gasteiger partial charge is 0.307 e. The SMILES string of the molecule is CC(C)S(=O)(=O)C(=NNC(=O)Nc1ccc(Cl)cc1)S(=O)(=O)C(C)C. The second-order valence-electron chi connectivity index (χ2n) is 5.64. The Kier molecular flexibility index (Phi) is 6.98. The lowest BCUT2D eigenvalue weighted by Crippen LogP contribution is -2.37. The van der Waals surface area contributed by atoms with Gasteiger partial charge in [-0.3, -0.25) is 0 Å². The Labute approximate surface area is 152 Å². The van der Waals surface area contributed by atoms with Gasteiger partial charge in [0.15, 0.2) is 0 Å². The van der Waals surface area contributed by atoms with Gasteiger partial charge in [-0.2, -0.15) is 0 Å². The van der Waals surface area contributed by atoms with Crippen molar-refractivity contribution in [2.75, 3.05) is 5.32 Å². The Morgan fingerprint density at radius 3 is 1.80 bits per heavy atom. The van der Waals surface area contributed by atoms with Gasteiger partial charge in [-0.05, 0) is 52.0 Å². The predicted molar refractivity (Wildman–Crippen MR) is 99.2 cm³/mol. The minimum atomic E-state index is -4.21. The lowest BCUT2D eigenvalue weighted by Gasteiger charge is -2.14. The van der Waals surface area contributed by atoms with Gasteiger partial charge >= 0.3 is 6.03 Å². The zero-order valence-electron chi connectivity index (χ0n) is 14.1. The van der Waals surface area contributed by atoms with E-state index in [0.29, 0.717) is 10.7 Å². The molecule has 0 heterocycles. The van der Waals surface area contributed by atoms with Gasteiger partial charge in [0, 0.05) is 10.7 Å². The summed E-state index contributed by atoms with van der Waals surface area (Å²) >= 11 is 5.73. The zero-order chi connectivity index (χ0) is 19.4. The number of rotatable bonds is 4. The molecule has 0 aliphatic carbocycles. The minimum Gasteiger partial charge on any atom is -0.307 e. The van der Waals surface area contributed by atoms with Crippen molar-refractivity contribution in [1.29, 1.82) is 0 Å². The molecule has 0 fully saturated rings. The van der Waals surface area contributed by atoms with Gasteiger partial charge in [-0.15, -0.1) is 5.10 Å². The summed E-state index contributed by atoms with van der Waals surface area (Å²) in [6.45, 7) is 5.31. The highest BCUT2D eigenvalue weighted by Crippen LogP contribution is 2.15. The van der Waals surface area contributed by atoms with Gasteiger partial charge in [0.25, 0.3) is 4.38 Å². The highest BCUT2D eigenvalue weighted by atomic mass is 35.5. The third-order valence-electron chi connectivity index (χ3n) is 3.08. The van der Waals surface area contributed by atoms with Crippen LogP contribution < -0.4 is 10.7 Å². The number of amides is 2. The number of hydrogen-bond donors (Lipinski definition) is 2. The summed E-state index contributed by atoms with van der Waals surface area (Å²) in [7, 11) is -8.43. The number of carbonyl (C=O) groups excluding carboxylic acids is 1. The number of anilines is 1. The molecule has 0 spiro atoms. The molecular weight excluding hydrogens is 390 g/mol. The maximum Gasteiger partial charge on any atom is 0.339 e. The second-order valence-corrected chi connectivity index (χ2v) is 11.2. The van der Waals surface area contributed by atoms with Crippen molar-refractivity contribution in [3.05, 3.63) is 29.3 Å². The van der Waals surface area contributed by atoms with Crippen LogP contribution in [0, 0.1) is 0 Å². The molecule has 0 aliphatic rings. The van der Waals surface area contributed by atoms with Gasteiger partial charge in [0.2, 0.25) is 19.7 Å². The van der Waals surface area contributed by atoms with E-state index in [4.69, 9.17) is 11.6 Å². The number of hydrazone groups is 1. The fourth-order valence-corrected chi connectivity index (χ4v) is 5.21. The number of nitrogens with zero attached hydrogens (tertiary/aromatic N) is 1. The maximum absolute atomic E-state index is 12.3. The Hall–Kier alpha value is -1.65. The molecule has 0 aromatic heterocycles. The normalized spacial score (nSPS) is 12.1. The predicted octanol–water partition coefficient (Wildman–Crippen LogP) is 2.38. The molecule has 0 saturated carbocycles. The first-order valence-corrected chi connectivity index (χ1v) is 10.7. The fourth-order valence-electron chi connectivity index (χ4n) is 1.48. The largest absolute Gasteiger partial charge is 0.339 e. The molecule has 0 saturated heterocycles. The van der Waals surface area contributed by atoms with E-state index < -0.39 is 40.6 Å². The Morgan fingerprint density at radius 1 is 0.960 bits per heavy atom. The summed E-state index contributed by atoms with van der Waals surface area (Å²) in [6, 6.07) is 5.22. The monoisotopic (exact) mass is 409 g/mol. The van der Waals surface area contributed by atoms with Crippen molar-refractivity contribution in [3.63, 3.8) is 0 Å². The second kappa shape index (κ2) is 8.15. The number of urea groups is 1. The molecule has 0 bridgehead atoms. The first-order valence-electron chi connectivity index (χ1n) is 7.27. The summed E-state index contributed by atoms with van der Waals surface area (Å²) in [5, 5.41) is 4.20. The Morgan fingerprint density at radius 2 is 1.40 bits per heavy atom. The van der Waals surface area contributed by atoms with Crippen molar-refractivity contribution in [1.82, 2.24) is 5.43 Å². The molecule has 25 heavy (non-hydrogen) atoms. The molecule has 140 valence electrons. The van der Waals surface area contributed by atoms with Gasteiger partial charge in [-0.25, -0.2) is 27.1 Å². The van der Waals surface area contributed by atoms with E-state index in [-0.39, 0.29) is 0 Å². The van der Waals surface area contributed by atoms with Crippen LogP contribution in [0.2, 0.25) is 5.02 Å². The summed E-state index contributed by atoms with van der Waals surface area (Å²) in [4.78, 5) is 11.8. The van der Waals surface area contributed by atoms with E-state index in [2.05, 4.69) is 10.4 Å². The van der Waals surface area contributed by atoms with Gasteiger partial charge in [0.1, 0.15) is 0 Å². The quantitative estimate of drug-likeness (QED) is 0.449. The first kappa shape index (κ1) is 21.4. The van der Waals surface area contributed by atoms with Crippen molar-refractivity contribution >= 4 is 47.4 Å². The third kappa shape index (κ3) is 5.41. The first-order chi connectivity index (χ1) is 11.4. The van der Waals surface area contributed by atoms with E-state index >= 15 is 0 Å². The topological polar surface area (TPSA) is 122 Å². The van der Waals surface area contributed by atoms with Crippen LogP contribution in [0.3, 0.4) is 0 Å². The number of benzene rings is 1. The summed E-state index contributed by atoms with van der Waals surface area (Å²) < 4.78 is 48.1. The van der Waals surface area contributed by atoms with Gasteiger partial charge in [-0.1, -0.05) is 11.6 Å². The van der Waals surface area contributed by atoms with Gasteiger partial charge in [0.05, 0.1) is 10.5 Å². The van der Waals surface area contributed by atoms with E-state index in [1.165, 1.54) is 52.0 Å². The molecule has 2 N–H and O–H groups in total. The summed E-state index contributed by atoms with van der Waals surface area (Å²) in [6.07, 6.45) is 0. The van der Waals surface area contributed by atoms with E-state index in [1.54, 1.807) is 0 Å². The molecule has 0 aliphatic heterocycles. The average Bonchev–Trinajstić information content (AvgIpc) is 2.49. The molecule has 2 amide bonds. The lowest BCUT2D eigenvalue weighted by atomic mass is 10.3. The maximum atomic E-state index is 12.3. The molecule has 0 unspecified atom stereocenters. The van der Waals surface area contributed by atoms with Crippen LogP contribution in [0.15, 0.2) is 29.4 Å². The van der Waals surface area contributed by atoms with E-state index in [1.807, 2.05) is 5.43 Å². The number of carbonyl (C=O) groups is 1. The molecule has 0 atom stereocenters. The number of sulfone groups is 2. The average molecular weight is 410 g/mol. The molecule has 8 nitrogen and oxygen atoms in total. The van der Waals surface area contributed by atoms with Crippen LogP contribution in [0.5, 0.6) is 0 Å². The zero-order valence-corrected chi connectivity index (χ0v) is 16.5. The molecule has 1 rings (SSSR count).